The van der Waals surface area contributed by atoms with E-state index in [1.807, 2.05) is 31.2 Å². The molecule has 0 radical (unpaired) electrons. The molecular formula is C25H17BrClN3O3. The summed E-state index contributed by atoms with van der Waals surface area (Å²) in [5, 5.41) is 6.36. The highest BCUT2D eigenvalue weighted by molar-refractivity contribution is 9.10. The molecule has 5 rings (SSSR count). The van der Waals surface area contributed by atoms with Gasteiger partial charge in [-0.2, -0.15) is 9.78 Å². The van der Waals surface area contributed by atoms with Gasteiger partial charge in [-0.1, -0.05) is 39.7 Å². The molecule has 0 fully saturated rings. The number of para-hydroxylation sites is 1. The van der Waals surface area contributed by atoms with E-state index in [0.717, 1.165) is 9.86 Å². The Morgan fingerprint density at radius 3 is 2.85 bits per heavy atom. The van der Waals surface area contributed by atoms with Crippen molar-refractivity contribution in [3.8, 4) is 17.3 Å². The predicted molar refractivity (Wildman–Crippen MR) is 135 cm³/mol. The van der Waals surface area contributed by atoms with Gasteiger partial charge in [0.2, 0.25) is 5.82 Å². The summed E-state index contributed by atoms with van der Waals surface area (Å²) in [5.41, 5.74) is 1.60. The molecule has 0 spiro atoms. The van der Waals surface area contributed by atoms with Crippen LogP contribution < -0.4 is 10.3 Å². The van der Waals surface area contributed by atoms with Crippen LogP contribution in [0.1, 0.15) is 12.5 Å². The standard InChI is InChI=1S/C25H17BrClN3O3/c1-2-32-21-9-7-17(26)11-16(21)14-28-30-24(29-20-6-4-3-5-19(20)25(30)31)23-13-15-12-18(27)8-10-22(15)33-23/h3-14H,2H2,1H3. The van der Waals surface area contributed by atoms with Crippen LogP contribution in [0.5, 0.6) is 5.75 Å². The van der Waals surface area contributed by atoms with Gasteiger partial charge in [0.05, 0.1) is 23.7 Å². The SMILES string of the molecule is CCOc1ccc(Br)cc1C=Nn1c(-c2cc3cc(Cl)ccc3o2)nc2ccccc2c1=O. The summed E-state index contributed by atoms with van der Waals surface area (Å²) in [6, 6.07) is 19.9. The number of hydrogen-bond acceptors (Lipinski definition) is 5. The number of aromatic nitrogens is 2. The maximum Gasteiger partial charge on any atom is 0.282 e. The molecule has 3 aromatic carbocycles. The molecule has 0 aliphatic rings. The molecule has 0 aliphatic heterocycles. The van der Waals surface area contributed by atoms with Crippen LogP contribution in [-0.2, 0) is 0 Å². The second-order valence-corrected chi connectivity index (χ2v) is 8.57. The lowest BCUT2D eigenvalue weighted by molar-refractivity contribution is 0.339. The number of halogens is 2. The van der Waals surface area contributed by atoms with Gasteiger partial charge >= 0.3 is 0 Å². The summed E-state index contributed by atoms with van der Waals surface area (Å²) in [6.45, 7) is 2.42. The van der Waals surface area contributed by atoms with Gasteiger partial charge in [0.25, 0.3) is 5.56 Å². The summed E-state index contributed by atoms with van der Waals surface area (Å²) < 4.78 is 13.8. The van der Waals surface area contributed by atoms with Crippen molar-refractivity contribution >= 4 is 55.6 Å². The van der Waals surface area contributed by atoms with E-state index in [9.17, 15) is 4.79 Å². The Kier molecular flexibility index (Phi) is 5.74. The monoisotopic (exact) mass is 521 g/mol. The van der Waals surface area contributed by atoms with Crippen molar-refractivity contribution in [1.82, 2.24) is 9.66 Å². The number of fused-ring (bicyclic) bond motifs is 2. The van der Waals surface area contributed by atoms with Crippen molar-refractivity contribution in [1.29, 1.82) is 0 Å². The molecule has 2 aromatic heterocycles. The minimum absolute atomic E-state index is 0.287. The minimum Gasteiger partial charge on any atom is -0.493 e. The summed E-state index contributed by atoms with van der Waals surface area (Å²) in [5.74, 6) is 1.35. The van der Waals surface area contributed by atoms with Crippen LogP contribution in [0, 0.1) is 0 Å². The largest absolute Gasteiger partial charge is 0.493 e. The lowest BCUT2D eigenvalue weighted by atomic mass is 10.2. The smallest absolute Gasteiger partial charge is 0.282 e. The molecule has 0 saturated heterocycles. The molecule has 0 amide bonds. The average Bonchev–Trinajstić information content (AvgIpc) is 3.23. The Balaban J connectivity index is 1.72. The number of rotatable bonds is 5. The van der Waals surface area contributed by atoms with Gasteiger partial charge in [0.15, 0.2) is 5.76 Å². The van der Waals surface area contributed by atoms with Crippen molar-refractivity contribution in [2.75, 3.05) is 6.61 Å². The molecule has 0 saturated carbocycles. The maximum atomic E-state index is 13.4. The molecule has 0 N–H and O–H groups in total. The highest BCUT2D eigenvalue weighted by atomic mass is 79.9. The van der Waals surface area contributed by atoms with E-state index in [1.165, 1.54) is 4.68 Å². The van der Waals surface area contributed by atoms with Crippen LogP contribution in [0.2, 0.25) is 5.02 Å². The fraction of sp³-hybridized carbons (Fsp3) is 0.0800. The van der Waals surface area contributed by atoms with E-state index in [4.69, 9.17) is 25.7 Å². The zero-order valence-corrected chi connectivity index (χ0v) is 19.8. The van der Waals surface area contributed by atoms with E-state index in [2.05, 4.69) is 21.0 Å². The van der Waals surface area contributed by atoms with Crippen LogP contribution >= 0.6 is 27.5 Å². The van der Waals surface area contributed by atoms with Crippen LogP contribution in [0.25, 0.3) is 33.5 Å². The predicted octanol–water partition coefficient (Wildman–Crippen LogP) is 6.51. The van der Waals surface area contributed by atoms with E-state index in [-0.39, 0.29) is 11.4 Å². The molecule has 8 heteroatoms. The van der Waals surface area contributed by atoms with Crippen molar-refractivity contribution < 1.29 is 9.15 Å². The second-order valence-electron chi connectivity index (χ2n) is 7.22. The van der Waals surface area contributed by atoms with Gasteiger partial charge in [-0.15, -0.1) is 0 Å². The van der Waals surface area contributed by atoms with E-state index in [1.54, 1.807) is 48.7 Å². The van der Waals surface area contributed by atoms with Gasteiger partial charge in [-0.25, -0.2) is 4.98 Å². The molecule has 2 heterocycles. The molecule has 164 valence electrons. The minimum atomic E-state index is -0.307. The van der Waals surface area contributed by atoms with Gasteiger partial charge < -0.3 is 9.15 Å². The van der Waals surface area contributed by atoms with Gasteiger partial charge in [-0.3, -0.25) is 4.79 Å². The highest BCUT2D eigenvalue weighted by Gasteiger charge is 2.17. The van der Waals surface area contributed by atoms with E-state index in [0.29, 0.717) is 45.2 Å². The normalized spacial score (nSPS) is 11.6. The number of furan rings is 1. The Morgan fingerprint density at radius 2 is 2.00 bits per heavy atom. The third-order valence-electron chi connectivity index (χ3n) is 5.04. The number of benzene rings is 3. The number of ether oxygens (including phenoxy) is 1. The quantitative estimate of drug-likeness (QED) is 0.247. The fourth-order valence-corrected chi connectivity index (χ4v) is 4.10. The molecule has 0 unspecified atom stereocenters. The Morgan fingerprint density at radius 1 is 1.15 bits per heavy atom. The van der Waals surface area contributed by atoms with Crippen molar-refractivity contribution in [2.24, 2.45) is 5.10 Å². The van der Waals surface area contributed by atoms with Crippen LogP contribution in [0.3, 0.4) is 0 Å². The van der Waals surface area contributed by atoms with Crippen LogP contribution in [0.4, 0.5) is 0 Å². The maximum absolute atomic E-state index is 13.4. The van der Waals surface area contributed by atoms with Crippen molar-refractivity contribution in [2.45, 2.75) is 6.92 Å². The number of nitrogens with zero attached hydrogens (tertiary/aromatic N) is 3. The first kappa shape index (κ1) is 21.4. The van der Waals surface area contributed by atoms with Crippen molar-refractivity contribution in [3.05, 3.63) is 92.1 Å². The van der Waals surface area contributed by atoms with E-state index >= 15 is 0 Å². The first-order valence-electron chi connectivity index (χ1n) is 10.2. The summed E-state index contributed by atoms with van der Waals surface area (Å²) in [7, 11) is 0. The second kappa shape index (κ2) is 8.84. The van der Waals surface area contributed by atoms with Crippen LogP contribution in [-0.4, -0.2) is 22.5 Å². The fourth-order valence-electron chi connectivity index (χ4n) is 3.54. The first-order valence-corrected chi connectivity index (χ1v) is 11.4. The highest BCUT2D eigenvalue weighted by Crippen LogP contribution is 2.29. The Hall–Kier alpha value is -3.42. The lowest BCUT2D eigenvalue weighted by Crippen LogP contribution is -2.20. The van der Waals surface area contributed by atoms with Gasteiger partial charge in [0, 0.05) is 20.4 Å². The molecule has 33 heavy (non-hydrogen) atoms. The zero-order chi connectivity index (χ0) is 22.9. The lowest BCUT2D eigenvalue weighted by Gasteiger charge is -2.09. The molecular weight excluding hydrogens is 506 g/mol. The molecule has 0 aliphatic carbocycles. The van der Waals surface area contributed by atoms with Gasteiger partial charge in [-0.05, 0) is 61.5 Å². The summed E-state index contributed by atoms with van der Waals surface area (Å²) in [6.07, 6.45) is 1.58. The average molecular weight is 523 g/mol. The summed E-state index contributed by atoms with van der Waals surface area (Å²) in [4.78, 5) is 18.1. The molecule has 0 bridgehead atoms. The molecule has 6 nitrogen and oxygen atoms in total. The molecule has 0 atom stereocenters. The molecule has 5 aromatic rings. The summed E-state index contributed by atoms with van der Waals surface area (Å²) >= 11 is 9.60. The Labute approximate surface area is 202 Å². The Bertz CT molecular complexity index is 1590. The topological polar surface area (TPSA) is 69.6 Å². The zero-order valence-electron chi connectivity index (χ0n) is 17.5. The number of hydrogen-bond donors (Lipinski definition) is 0. The first-order chi connectivity index (χ1) is 16.0. The van der Waals surface area contributed by atoms with Crippen molar-refractivity contribution in [3.63, 3.8) is 0 Å². The van der Waals surface area contributed by atoms with E-state index < -0.39 is 0 Å². The van der Waals surface area contributed by atoms with Crippen LogP contribution in [0.15, 0.2) is 85.5 Å². The van der Waals surface area contributed by atoms with Gasteiger partial charge in [0.1, 0.15) is 11.3 Å². The third-order valence-corrected chi connectivity index (χ3v) is 5.76. The third kappa shape index (κ3) is 4.17.